The normalized spacial score (nSPS) is 18.2. The molecule has 0 aliphatic carbocycles. The van der Waals surface area contributed by atoms with E-state index in [1.54, 1.807) is 0 Å². The van der Waals surface area contributed by atoms with Crippen molar-refractivity contribution in [2.24, 2.45) is 16.6 Å². The number of nitrogens with one attached hydrogen (secondary N) is 1. The fourth-order valence-corrected chi connectivity index (χ4v) is 2.59. The number of ether oxygens (including phenoxy) is 1. The highest BCUT2D eigenvalue weighted by molar-refractivity contribution is 5.92. The van der Waals surface area contributed by atoms with Gasteiger partial charge in [-0.25, -0.2) is 0 Å². The summed E-state index contributed by atoms with van der Waals surface area (Å²) in [6, 6.07) is 8.27. The number of guanidine groups is 1. The van der Waals surface area contributed by atoms with Crippen LogP contribution in [0.25, 0.3) is 0 Å². The summed E-state index contributed by atoms with van der Waals surface area (Å²) >= 11 is 0. The Balaban J connectivity index is 1.78. The Morgan fingerprint density at radius 2 is 2.18 bits per heavy atom. The molecule has 22 heavy (non-hydrogen) atoms. The van der Waals surface area contributed by atoms with Crippen LogP contribution in [0.2, 0.25) is 0 Å². The fourth-order valence-electron chi connectivity index (χ4n) is 2.59. The van der Waals surface area contributed by atoms with Crippen molar-refractivity contribution in [2.45, 2.75) is 20.3 Å². The van der Waals surface area contributed by atoms with Crippen molar-refractivity contribution in [3.63, 3.8) is 0 Å². The van der Waals surface area contributed by atoms with E-state index in [1.165, 1.54) is 5.56 Å². The summed E-state index contributed by atoms with van der Waals surface area (Å²) in [7, 11) is 0. The van der Waals surface area contributed by atoms with Gasteiger partial charge in [0.25, 0.3) is 0 Å². The van der Waals surface area contributed by atoms with E-state index in [-0.39, 0.29) is 0 Å². The zero-order valence-corrected chi connectivity index (χ0v) is 13.7. The SMILES string of the molecule is CCc1cccc(NC(N)=NCC(C)CN2CCOCC2)c1. The van der Waals surface area contributed by atoms with Crippen LogP contribution in [0.4, 0.5) is 5.69 Å². The van der Waals surface area contributed by atoms with Gasteiger partial charge < -0.3 is 15.8 Å². The highest BCUT2D eigenvalue weighted by Gasteiger charge is 2.13. The molecule has 1 aliphatic heterocycles. The molecule has 0 aromatic heterocycles. The minimum absolute atomic E-state index is 0.487. The molecule has 122 valence electrons. The predicted molar refractivity (Wildman–Crippen MR) is 92.4 cm³/mol. The average molecular weight is 304 g/mol. The maximum absolute atomic E-state index is 5.98. The minimum atomic E-state index is 0.487. The molecule has 0 radical (unpaired) electrons. The van der Waals surface area contributed by atoms with E-state index < -0.39 is 0 Å². The van der Waals surface area contributed by atoms with Crippen LogP contribution in [0.1, 0.15) is 19.4 Å². The number of anilines is 1. The van der Waals surface area contributed by atoms with Gasteiger partial charge >= 0.3 is 0 Å². The van der Waals surface area contributed by atoms with Crippen LogP contribution in [0, 0.1) is 5.92 Å². The summed E-state index contributed by atoms with van der Waals surface area (Å²) in [5, 5.41) is 3.17. The topological polar surface area (TPSA) is 62.9 Å². The van der Waals surface area contributed by atoms with Gasteiger partial charge in [-0.15, -0.1) is 0 Å². The Labute approximate surface area is 133 Å². The molecular weight excluding hydrogens is 276 g/mol. The molecule has 1 atom stereocenters. The number of aryl methyl sites for hydroxylation is 1. The van der Waals surface area contributed by atoms with E-state index in [0.717, 1.165) is 51.5 Å². The molecule has 1 saturated heterocycles. The van der Waals surface area contributed by atoms with Crippen LogP contribution in [0.5, 0.6) is 0 Å². The second kappa shape index (κ2) is 8.76. The van der Waals surface area contributed by atoms with Crippen molar-refractivity contribution >= 4 is 11.6 Å². The number of rotatable bonds is 6. The first-order valence-corrected chi connectivity index (χ1v) is 8.13. The molecule has 2 rings (SSSR count). The molecule has 0 bridgehead atoms. The van der Waals surface area contributed by atoms with Gasteiger partial charge in [-0.1, -0.05) is 26.0 Å². The van der Waals surface area contributed by atoms with E-state index in [1.807, 2.05) is 12.1 Å². The first-order chi connectivity index (χ1) is 10.7. The molecule has 1 aliphatic rings. The molecule has 5 nitrogen and oxygen atoms in total. The molecular formula is C17H28N4O. The largest absolute Gasteiger partial charge is 0.379 e. The van der Waals surface area contributed by atoms with E-state index in [2.05, 4.69) is 41.2 Å². The summed E-state index contributed by atoms with van der Waals surface area (Å²) in [4.78, 5) is 6.89. The van der Waals surface area contributed by atoms with E-state index in [4.69, 9.17) is 10.5 Å². The summed E-state index contributed by atoms with van der Waals surface area (Å²) in [6.07, 6.45) is 1.02. The van der Waals surface area contributed by atoms with Gasteiger partial charge in [-0.05, 0) is 30.0 Å². The van der Waals surface area contributed by atoms with Crippen LogP contribution in [0.3, 0.4) is 0 Å². The van der Waals surface area contributed by atoms with Gasteiger partial charge in [0, 0.05) is 31.9 Å². The van der Waals surface area contributed by atoms with Crippen molar-refractivity contribution in [3.05, 3.63) is 29.8 Å². The van der Waals surface area contributed by atoms with Gasteiger partial charge in [0.1, 0.15) is 0 Å². The molecule has 1 aromatic carbocycles. The molecule has 0 spiro atoms. The summed E-state index contributed by atoms with van der Waals surface area (Å²) < 4.78 is 5.37. The zero-order valence-electron chi connectivity index (χ0n) is 13.7. The van der Waals surface area contributed by atoms with Crippen molar-refractivity contribution < 1.29 is 4.74 Å². The lowest BCUT2D eigenvalue weighted by atomic mass is 10.1. The number of nitrogens with zero attached hydrogens (tertiary/aromatic N) is 2. The van der Waals surface area contributed by atoms with Gasteiger partial charge in [0.15, 0.2) is 5.96 Å². The van der Waals surface area contributed by atoms with E-state index in [9.17, 15) is 0 Å². The molecule has 1 unspecified atom stereocenters. The molecule has 1 aromatic rings. The number of nitrogens with two attached hydrogens (primary N) is 1. The molecule has 1 fully saturated rings. The highest BCUT2D eigenvalue weighted by Crippen LogP contribution is 2.11. The van der Waals surface area contributed by atoms with Gasteiger partial charge in [0.05, 0.1) is 13.2 Å². The number of hydrogen-bond donors (Lipinski definition) is 2. The monoisotopic (exact) mass is 304 g/mol. The Kier molecular flexibility index (Phi) is 6.68. The Hall–Kier alpha value is -1.59. The number of hydrogen-bond acceptors (Lipinski definition) is 3. The Morgan fingerprint density at radius 1 is 1.41 bits per heavy atom. The smallest absolute Gasteiger partial charge is 0.193 e. The van der Waals surface area contributed by atoms with Gasteiger partial charge in [0.2, 0.25) is 0 Å². The second-order valence-electron chi connectivity index (χ2n) is 5.92. The minimum Gasteiger partial charge on any atom is -0.379 e. The van der Waals surface area contributed by atoms with Crippen LogP contribution < -0.4 is 11.1 Å². The van der Waals surface area contributed by atoms with Crippen molar-refractivity contribution in [2.75, 3.05) is 44.7 Å². The average Bonchev–Trinajstić information content (AvgIpc) is 2.54. The number of aliphatic imine (C=N–C) groups is 1. The summed E-state index contributed by atoms with van der Waals surface area (Å²) in [6.45, 7) is 9.86. The lowest BCUT2D eigenvalue weighted by Crippen LogP contribution is -2.39. The third-order valence-electron chi connectivity index (χ3n) is 3.85. The maximum Gasteiger partial charge on any atom is 0.193 e. The second-order valence-corrected chi connectivity index (χ2v) is 5.92. The maximum atomic E-state index is 5.98. The van der Waals surface area contributed by atoms with Crippen LogP contribution in [-0.2, 0) is 11.2 Å². The quantitative estimate of drug-likeness (QED) is 0.623. The van der Waals surface area contributed by atoms with Crippen molar-refractivity contribution in [1.82, 2.24) is 4.90 Å². The molecule has 3 N–H and O–H groups in total. The van der Waals surface area contributed by atoms with Crippen LogP contribution >= 0.6 is 0 Å². The van der Waals surface area contributed by atoms with E-state index >= 15 is 0 Å². The van der Waals surface area contributed by atoms with Crippen LogP contribution in [-0.4, -0.2) is 50.3 Å². The lowest BCUT2D eigenvalue weighted by molar-refractivity contribution is 0.0323. The third kappa shape index (κ3) is 5.66. The Morgan fingerprint density at radius 3 is 2.91 bits per heavy atom. The summed E-state index contributed by atoms with van der Waals surface area (Å²) in [5.74, 6) is 0.975. The first kappa shape index (κ1) is 16.8. The number of benzene rings is 1. The standard InChI is InChI=1S/C17H28N4O/c1-3-15-5-4-6-16(11-15)20-17(18)19-12-14(2)13-21-7-9-22-10-8-21/h4-6,11,14H,3,7-10,12-13H2,1-2H3,(H3,18,19,20). The lowest BCUT2D eigenvalue weighted by Gasteiger charge is -2.28. The first-order valence-electron chi connectivity index (χ1n) is 8.13. The highest BCUT2D eigenvalue weighted by atomic mass is 16.5. The molecule has 1 heterocycles. The van der Waals surface area contributed by atoms with Crippen molar-refractivity contribution in [1.29, 1.82) is 0 Å². The summed E-state index contributed by atoms with van der Waals surface area (Å²) in [5.41, 5.74) is 8.28. The fraction of sp³-hybridized carbons (Fsp3) is 0.588. The van der Waals surface area contributed by atoms with Gasteiger partial charge in [-0.3, -0.25) is 9.89 Å². The molecule has 5 heteroatoms. The Bertz CT molecular complexity index is 483. The molecule has 0 amide bonds. The van der Waals surface area contributed by atoms with Crippen molar-refractivity contribution in [3.8, 4) is 0 Å². The van der Waals surface area contributed by atoms with Crippen LogP contribution in [0.15, 0.2) is 29.3 Å². The van der Waals surface area contributed by atoms with E-state index in [0.29, 0.717) is 11.9 Å². The predicted octanol–water partition coefficient (Wildman–Crippen LogP) is 1.94. The molecule has 0 saturated carbocycles. The number of morpholine rings is 1. The third-order valence-corrected chi connectivity index (χ3v) is 3.85. The van der Waals surface area contributed by atoms with Gasteiger partial charge in [-0.2, -0.15) is 0 Å². The zero-order chi connectivity index (χ0) is 15.8.